The molecule has 35 heavy (non-hydrogen) atoms. The molecule has 2 aliphatic rings. The first-order valence-corrected chi connectivity index (χ1v) is 12.2. The number of amides is 1. The molecule has 0 radical (unpaired) electrons. The van der Waals surface area contributed by atoms with Crippen LogP contribution in [0.5, 0.6) is 0 Å². The van der Waals surface area contributed by atoms with Crippen molar-refractivity contribution >= 4 is 28.4 Å². The second kappa shape index (κ2) is 10.2. The zero-order valence-corrected chi connectivity index (χ0v) is 19.9. The summed E-state index contributed by atoms with van der Waals surface area (Å²) in [6.45, 7) is 5.46. The van der Waals surface area contributed by atoms with Gasteiger partial charge in [-0.3, -0.25) is 14.8 Å². The Morgan fingerprint density at radius 1 is 1.23 bits per heavy atom. The van der Waals surface area contributed by atoms with Crippen LogP contribution in [0, 0.1) is 5.82 Å². The number of rotatable bonds is 7. The van der Waals surface area contributed by atoms with Crippen LogP contribution in [0.15, 0.2) is 30.5 Å². The van der Waals surface area contributed by atoms with Crippen molar-refractivity contribution in [1.29, 1.82) is 0 Å². The zero-order chi connectivity index (χ0) is 24.4. The Morgan fingerprint density at radius 2 is 2.00 bits per heavy atom. The molecule has 0 bridgehead atoms. The molecule has 1 fully saturated rings. The number of piperidine rings is 1. The third-order valence-electron chi connectivity index (χ3n) is 7.01. The fraction of sp³-hybridized carbons (Fsp3) is 0.480. The molecule has 2 aromatic heterocycles. The fourth-order valence-corrected chi connectivity index (χ4v) is 5.05. The predicted octanol–water partition coefficient (Wildman–Crippen LogP) is 2.35. The third-order valence-corrected chi connectivity index (χ3v) is 7.01. The van der Waals surface area contributed by atoms with E-state index in [0.29, 0.717) is 42.2 Å². The molecule has 186 valence electrons. The Kier molecular flexibility index (Phi) is 6.83. The second-order valence-electron chi connectivity index (χ2n) is 9.49. The van der Waals surface area contributed by atoms with Gasteiger partial charge in [0.25, 0.3) is 0 Å². The Labute approximate surface area is 203 Å². The minimum Gasteiger partial charge on any atom is -0.390 e. The summed E-state index contributed by atoms with van der Waals surface area (Å²) in [5, 5.41) is 24.6. The lowest BCUT2D eigenvalue weighted by Crippen LogP contribution is -2.41. The molecule has 1 atom stereocenters. The summed E-state index contributed by atoms with van der Waals surface area (Å²) in [5.41, 5.74) is 3.17. The highest BCUT2D eigenvalue weighted by Gasteiger charge is 2.24. The van der Waals surface area contributed by atoms with Crippen molar-refractivity contribution in [1.82, 2.24) is 25.0 Å². The number of halogens is 1. The molecular weight excluding hydrogens is 449 g/mol. The minimum absolute atomic E-state index is 0.0855. The van der Waals surface area contributed by atoms with Crippen LogP contribution < -0.4 is 10.6 Å². The van der Waals surface area contributed by atoms with Gasteiger partial charge in [0.2, 0.25) is 5.91 Å². The zero-order valence-electron chi connectivity index (χ0n) is 19.9. The second-order valence-corrected chi connectivity index (χ2v) is 9.49. The van der Waals surface area contributed by atoms with Crippen LogP contribution in [-0.2, 0) is 17.8 Å². The van der Waals surface area contributed by atoms with Crippen molar-refractivity contribution in [3.05, 3.63) is 47.4 Å². The first-order chi connectivity index (χ1) is 17.0. The van der Waals surface area contributed by atoms with E-state index in [2.05, 4.69) is 48.9 Å². The maximum Gasteiger partial charge on any atom is 0.219 e. The largest absolute Gasteiger partial charge is 0.390 e. The van der Waals surface area contributed by atoms with Crippen molar-refractivity contribution in [2.24, 2.45) is 0 Å². The van der Waals surface area contributed by atoms with Gasteiger partial charge in [0, 0.05) is 52.2 Å². The number of aliphatic hydroxyl groups excluding tert-OH is 1. The summed E-state index contributed by atoms with van der Waals surface area (Å²) in [7, 11) is 0. The van der Waals surface area contributed by atoms with E-state index in [9.17, 15) is 14.3 Å². The van der Waals surface area contributed by atoms with Gasteiger partial charge in [-0.05, 0) is 30.4 Å². The van der Waals surface area contributed by atoms with Gasteiger partial charge in [-0.25, -0.2) is 9.37 Å². The highest BCUT2D eigenvalue weighted by atomic mass is 19.1. The monoisotopic (exact) mass is 481 g/mol. The average Bonchev–Trinajstić information content (AvgIpc) is 3.30. The van der Waals surface area contributed by atoms with E-state index >= 15 is 0 Å². The van der Waals surface area contributed by atoms with Crippen molar-refractivity contribution in [3.8, 4) is 0 Å². The Balaban J connectivity index is 1.20. The molecule has 1 aromatic carbocycles. The van der Waals surface area contributed by atoms with Crippen molar-refractivity contribution in [3.63, 3.8) is 0 Å². The molecule has 0 saturated carbocycles. The van der Waals surface area contributed by atoms with E-state index in [1.54, 1.807) is 6.92 Å². The topological polar surface area (TPSA) is 109 Å². The summed E-state index contributed by atoms with van der Waals surface area (Å²) in [4.78, 5) is 19.9. The number of likely N-dealkylation sites (tertiary alicyclic amines) is 1. The summed E-state index contributed by atoms with van der Waals surface area (Å²) >= 11 is 0. The molecule has 1 saturated heterocycles. The van der Waals surface area contributed by atoms with E-state index in [4.69, 9.17) is 0 Å². The average molecular weight is 482 g/mol. The SMILES string of the molecule is CC(=O)N1CCC(Nc2ncc(F)c3c(NC[C@H](O)CN4CCc5ccccc5C4)n[nH]c23)CC1. The van der Waals surface area contributed by atoms with E-state index in [1.165, 1.54) is 17.3 Å². The number of carbonyl (C=O) groups excluding carboxylic acids is 1. The first-order valence-electron chi connectivity index (χ1n) is 12.2. The summed E-state index contributed by atoms with van der Waals surface area (Å²) in [5.74, 6) is 0.505. The Hall–Kier alpha value is -3.24. The van der Waals surface area contributed by atoms with Gasteiger partial charge in [-0.15, -0.1) is 0 Å². The van der Waals surface area contributed by atoms with Crippen LogP contribution in [0.2, 0.25) is 0 Å². The van der Waals surface area contributed by atoms with Gasteiger partial charge in [0.15, 0.2) is 17.5 Å². The number of β-amino-alcohol motifs (C(OH)–C–C–N with tert-alkyl or cyclic N) is 1. The molecule has 0 unspecified atom stereocenters. The van der Waals surface area contributed by atoms with Gasteiger partial charge in [-0.2, -0.15) is 5.10 Å². The molecule has 5 rings (SSSR count). The standard InChI is InChI=1S/C25H32FN7O2/c1-16(34)33-10-7-19(8-11-33)29-25-23-22(21(26)13-28-25)24(31-30-23)27-12-20(35)15-32-9-6-17-4-2-3-5-18(17)14-32/h2-5,13,19-20,35H,6-12,14-15H2,1H3,(H,28,29)(H2,27,30,31)/t20-/m0/s1. The van der Waals surface area contributed by atoms with Gasteiger partial charge in [0.1, 0.15) is 5.52 Å². The number of carbonyl (C=O) groups is 1. The van der Waals surface area contributed by atoms with Crippen LogP contribution in [0.4, 0.5) is 16.0 Å². The number of aromatic nitrogens is 3. The van der Waals surface area contributed by atoms with Crippen LogP contribution in [0.25, 0.3) is 10.9 Å². The fourth-order valence-electron chi connectivity index (χ4n) is 5.05. The first kappa shape index (κ1) is 23.5. The predicted molar refractivity (Wildman–Crippen MR) is 133 cm³/mol. The van der Waals surface area contributed by atoms with Crippen molar-refractivity contribution < 1.29 is 14.3 Å². The molecule has 1 amide bonds. The lowest BCUT2D eigenvalue weighted by atomic mass is 10.00. The maximum absolute atomic E-state index is 14.7. The number of aliphatic hydroxyl groups is 1. The lowest BCUT2D eigenvalue weighted by Gasteiger charge is -2.32. The lowest BCUT2D eigenvalue weighted by molar-refractivity contribution is -0.129. The molecule has 4 N–H and O–H groups in total. The van der Waals surface area contributed by atoms with E-state index in [-0.39, 0.29) is 18.5 Å². The maximum atomic E-state index is 14.7. The number of anilines is 2. The summed E-state index contributed by atoms with van der Waals surface area (Å²) in [6.07, 6.45) is 3.14. The Morgan fingerprint density at radius 3 is 2.77 bits per heavy atom. The number of pyridine rings is 1. The number of benzene rings is 1. The number of nitrogens with one attached hydrogen (secondary N) is 3. The minimum atomic E-state index is -0.624. The Bertz CT molecular complexity index is 1190. The van der Waals surface area contributed by atoms with E-state index in [0.717, 1.165) is 32.4 Å². The molecule has 4 heterocycles. The number of H-pyrrole nitrogens is 1. The molecule has 10 heteroatoms. The number of hydrogen-bond acceptors (Lipinski definition) is 7. The van der Waals surface area contributed by atoms with Crippen LogP contribution in [-0.4, -0.2) is 80.9 Å². The highest BCUT2D eigenvalue weighted by molar-refractivity contribution is 5.96. The smallest absolute Gasteiger partial charge is 0.219 e. The third kappa shape index (κ3) is 5.23. The molecule has 2 aliphatic heterocycles. The number of aromatic amines is 1. The van der Waals surface area contributed by atoms with E-state index in [1.807, 2.05) is 11.0 Å². The van der Waals surface area contributed by atoms with Crippen molar-refractivity contribution in [2.75, 3.05) is 43.4 Å². The van der Waals surface area contributed by atoms with Crippen LogP contribution >= 0.6 is 0 Å². The van der Waals surface area contributed by atoms with Crippen LogP contribution in [0.1, 0.15) is 30.9 Å². The van der Waals surface area contributed by atoms with Crippen LogP contribution in [0.3, 0.4) is 0 Å². The highest BCUT2D eigenvalue weighted by Crippen LogP contribution is 2.29. The molecule has 3 aromatic rings. The van der Waals surface area contributed by atoms with Gasteiger partial charge >= 0.3 is 0 Å². The van der Waals surface area contributed by atoms with E-state index < -0.39 is 11.9 Å². The molecular formula is C25H32FN7O2. The molecule has 0 aliphatic carbocycles. The van der Waals surface area contributed by atoms with Gasteiger partial charge in [-0.1, -0.05) is 24.3 Å². The quantitative estimate of drug-likeness (QED) is 0.410. The van der Waals surface area contributed by atoms with Gasteiger partial charge in [0.05, 0.1) is 17.7 Å². The summed E-state index contributed by atoms with van der Waals surface area (Å²) in [6, 6.07) is 8.55. The number of hydrogen-bond donors (Lipinski definition) is 4. The normalized spacial score (nSPS) is 17.9. The number of fused-ring (bicyclic) bond motifs is 2. The van der Waals surface area contributed by atoms with Gasteiger partial charge < -0.3 is 20.6 Å². The molecule has 0 spiro atoms. The number of nitrogens with zero attached hydrogens (tertiary/aromatic N) is 4. The molecule has 9 nitrogen and oxygen atoms in total. The summed E-state index contributed by atoms with van der Waals surface area (Å²) < 4.78 is 14.7. The van der Waals surface area contributed by atoms with Crippen molar-refractivity contribution in [2.45, 2.75) is 44.9 Å².